The first-order valence-electron chi connectivity index (χ1n) is 11.6. The number of piperidine rings is 1. The highest BCUT2D eigenvalue weighted by Gasteiger charge is 2.21. The van der Waals surface area contributed by atoms with Crippen LogP contribution in [0.2, 0.25) is 0 Å². The maximum absolute atomic E-state index is 6.17. The van der Waals surface area contributed by atoms with E-state index in [-0.39, 0.29) is 24.0 Å². The quantitative estimate of drug-likeness (QED) is 0.306. The van der Waals surface area contributed by atoms with Crippen molar-refractivity contribution in [3.63, 3.8) is 0 Å². The van der Waals surface area contributed by atoms with Crippen LogP contribution < -0.4 is 15.4 Å². The van der Waals surface area contributed by atoms with E-state index in [1.165, 1.54) is 18.4 Å². The van der Waals surface area contributed by atoms with Gasteiger partial charge in [-0.25, -0.2) is 4.98 Å². The molecule has 1 aromatic carbocycles. The lowest BCUT2D eigenvalue weighted by atomic mass is 10.0. The molecule has 0 amide bonds. The number of guanidine groups is 1. The average Bonchev–Trinajstić information content (AvgIpc) is 3.32. The van der Waals surface area contributed by atoms with Gasteiger partial charge in [-0.15, -0.1) is 24.0 Å². The molecule has 1 aromatic heterocycles. The minimum Gasteiger partial charge on any atom is -0.474 e. The molecule has 2 heterocycles. The van der Waals surface area contributed by atoms with Gasteiger partial charge in [0.15, 0.2) is 5.96 Å². The van der Waals surface area contributed by atoms with Gasteiger partial charge in [0.2, 0.25) is 5.88 Å². The van der Waals surface area contributed by atoms with E-state index < -0.39 is 0 Å². The van der Waals surface area contributed by atoms with Crippen LogP contribution in [0, 0.1) is 0 Å². The molecule has 1 saturated heterocycles. The molecule has 7 heteroatoms. The van der Waals surface area contributed by atoms with Gasteiger partial charge < -0.3 is 15.4 Å². The number of rotatable bonds is 7. The van der Waals surface area contributed by atoms with Gasteiger partial charge >= 0.3 is 0 Å². The van der Waals surface area contributed by atoms with E-state index in [2.05, 4.69) is 61.9 Å². The number of hydrogen-bond acceptors (Lipinski definition) is 4. The van der Waals surface area contributed by atoms with Crippen LogP contribution in [0.1, 0.15) is 49.7 Å². The minimum absolute atomic E-state index is 0. The van der Waals surface area contributed by atoms with Crippen LogP contribution in [0.25, 0.3) is 0 Å². The Morgan fingerprint density at radius 2 is 1.81 bits per heavy atom. The van der Waals surface area contributed by atoms with E-state index in [1.54, 1.807) is 0 Å². The predicted octanol–water partition coefficient (Wildman–Crippen LogP) is 4.35. The van der Waals surface area contributed by atoms with Gasteiger partial charge in [0.05, 0.1) is 0 Å². The van der Waals surface area contributed by atoms with Crippen molar-refractivity contribution in [1.29, 1.82) is 0 Å². The van der Waals surface area contributed by atoms with Gasteiger partial charge in [-0.3, -0.25) is 9.89 Å². The molecule has 6 nitrogen and oxygen atoms in total. The minimum atomic E-state index is 0. The fraction of sp³-hybridized carbons (Fsp3) is 0.520. The summed E-state index contributed by atoms with van der Waals surface area (Å²) in [5.41, 5.74) is 2.47. The number of aliphatic imine (C=N–C) groups is 1. The molecule has 0 radical (unpaired) electrons. The van der Waals surface area contributed by atoms with Gasteiger partial charge in [0.1, 0.15) is 6.10 Å². The number of halogens is 1. The van der Waals surface area contributed by atoms with Crippen LogP contribution in [-0.2, 0) is 13.1 Å². The molecule has 1 aliphatic carbocycles. The zero-order valence-electron chi connectivity index (χ0n) is 19.0. The number of hydrogen-bond donors (Lipinski definition) is 2. The van der Waals surface area contributed by atoms with Gasteiger partial charge in [-0.1, -0.05) is 36.4 Å². The molecule has 1 saturated carbocycles. The first-order chi connectivity index (χ1) is 15.3. The summed E-state index contributed by atoms with van der Waals surface area (Å²) in [7, 11) is 1.83. The number of benzene rings is 1. The molecule has 2 fully saturated rings. The van der Waals surface area contributed by atoms with Crippen LogP contribution in [0.3, 0.4) is 0 Å². The summed E-state index contributed by atoms with van der Waals surface area (Å²) in [6.45, 7) is 3.89. The molecule has 2 aromatic rings. The maximum atomic E-state index is 6.17. The number of nitrogens with one attached hydrogen (secondary N) is 2. The highest BCUT2D eigenvalue weighted by molar-refractivity contribution is 14.0. The molecule has 4 rings (SSSR count). The Labute approximate surface area is 209 Å². The van der Waals surface area contributed by atoms with Crippen LogP contribution in [0.15, 0.2) is 53.7 Å². The van der Waals surface area contributed by atoms with Crippen LogP contribution in [0.4, 0.5) is 0 Å². The summed E-state index contributed by atoms with van der Waals surface area (Å²) < 4.78 is 6.17. The normalized spacial score (nSPS) is 18.2. The van der Waals surface area contributed by atoms with Crippen LogP contribution >= 0.6 is 24.0 Å². The van der Waals surface area contributed by atoms with Gasteiger partial charge in [0, 0.05) is 51.0 Å². The highest BCUT2D eigenvalue weighted by atomic mass is 127. The molecule has 0 unspecified atom stereocenters. The van der Waals surface area contributed by atoms with Crippen molar-refractivity contribution < 1.29 is 4.74 Å². The summed E-state index contributed by atoms with van der Waals surface area (Å²) in [5.74, 6) is 1.60. The van der Waals surface area contributed by atoms with Crippen LogP contribution in [0.5, 0.6) is 5.88 Å². The molecule has 32 heavy (non-hydrogen) atoms. The third kappa shape index (κ3) is 7.33. The van der Waals surface area contributed by atoms with Gasteiger partial charge in [0.25, 0.3) is 0 Å². The fourth-order valence-corrected chi connectivity index (χ4v) is 4.47. The van der Waals surface area contributed by atoms with E-state index in [4.69, 9.17) is 4.74 Å². The zero-order chi connectivity index (χ0) is 21.3. The van der Waals surface area contributed by atoms with E-state index in [0.29, 0.717) is 18.7 Å². The van der Waals surface area contributed by atoms with Crippen molar-refractivity contribution in [3.8, 4) is 5.88 Å². The van der Waals surface area contributed by atoms with Gasteiger partial charge in [-0.2, -0.15) is 0 Å². The maximum Gasteiger partial charge on any atom is 0.218 e. The van der Waals surface area contributed by atoms with Crippen molar-refractivity contribution in [1.82, 2.24) is 20.5 Å². The van der Waals surface area contributed by atoms with Crippen molar-refractivity contribution in [2.75, 3.05) is 20.1 Å². The number of pyridine rings is 1. The second-order valence-electron chi connectivity index (χ2n) is 8.60. The summed E-state index contributed by atoms with van der Waals surface area (Å²) in [6, 6.07) is 15.2. The Morgan fingerprint density at radius 3 is 2.53 bits per heavy atom. The first kappa shape index (κ1) is 24.8. The molecular formula is C25H36IN5O. The number of aromatic nitrogens is 1. The molecule has 0 atom stereocenters. The summed E-state index contributed by atoms with van der Waals surface area (Å²) in [5, 5.41) is 7.06. The predicted molar refractivity (Wildman–Crippen MR) is 141 cm³/mol. The summed E-state index contributed by atoms with van der Waals surface area (Å²) in [4.78, 5) is 11.4. The first-order valence-corrected chi connectivity index (χ1v) is 11.6. The number of ether oxygens (including phenoxy) is 1. The standard InChI is InChI=1S/C25H35N5O.HI/c1-26-25(28-18-21-10-7-15-27-24(21)31-23-11-5-6-12-23)29-22-13-16-30(17-14-22)19-20-8-3-2-4-9-20;/h2-4,7-10,15,22-23H,5-6,11-14,16-19H2,1H3,(H2,26,28,29);1H. The second-order valence-corrected chi connectivity index (χ2v) is 8.60. The molecule has 0 bridgehead atoms. The molecule has 0 spiro atoms. The SMILES string of the molecule is CN=C(NCc1cccnc1OC1CCCC1)NC1CCN(Cc2ccccc2)CC1.I. The topological polar surface area (TPSA) is 61.8 Å². The zero-order valence-corrected chi connectivity index (χ0v) is 21.3. The van der Waals surface area contributed by atoms with E-state index in [9.17, 15) is 0 Å². The van der Waals surface area contributed by atoms with E-state index >= 15 is 0 Å². The molecule has 1 aliphatic heterocycles. The second kappa shape index (κ2) is 13.0. The third-order valence-corrected chi connectivity index (χ3v) is 6.28. The lowest BCUT2D eigenvalue weighted by Gasteiger charge is -2.33. The van der Waals surface area contributed by atoms with Crippen molar-refractivity contribution in [2.24, 2.45) is 4.99 Å². The van der Waals surface area contributed by atoms with E-state index in [1.807, 2.05) is 19.3 Å². The lowest BCUT2D eigenvalue weighted by molar-refractivity contribution is 0.198. The van der Waals surface area contributed by atoms with Crippen molar-refractivity contribution >= 4 is 29.9 Å². The van der Waals surface area contributed by atoms with E-state index in [0.717, 1.165) is 62.7 Å². The Hall–Kier alpha value is -1.87. The number of nitrogens with zero attached hydrogens (tertiary/aromatic N) is 3. The smallest absolute Gasteiger partial charge is 0.218 e. The monoisotopic (exact) mass is 549 g/mol. The molecule has 2 aliphatic rings. The Kier molecular flexibility index (Phi) is 10.1. The Balaban J connectivity index is 0.00000289. The molecule has 2 N–H and O–H groups in total. The Bertz CT molecular complexity index is 833. The van der Waals surface area contributed by atoms with Crippen molar-refractivity contribution in [2.45, 2.75) is 63.8 Å². The van der Waals surface area contributed by atoms with Gasteiger partial charge in [-0.05, 0) is 50.2 Å². The summed E-state index contributed by atoms with van der Waals surface area (Å²) >= 11 is 0. The van der Waals surface area contributed by atoms with Crippen molar-refractivity contribution in [3.05, 3.63) is 59.8 Å². The lowest BCUT2D eigenvalue weighted by Crippen LogP contribution is -2.48. The fourth-order valence-electron chi connectivity index (χ4n) is 4.47. The average molecular weight is 550 g/mol. The highest BCUT2D eigenvalue weighted by Crippen LogP contribution is 2.25. The Morgan fingerprint density at radius 1 is 1.06 bits per heavy atom. The number of likely N-dealkylation sites (tertiary alicyclic amines) is 1. The molecular weight excluding hydrogens is 513 g/mol. The van der Waals surface area contributed by atoms with Crippen LogP contribution in [-0.4, -0.2) is 48.1 Å². The molecule has 174 valence electrons. The largest absolute Gasteiger partial charge is 0.474 e. The third-order valence-electron chi connectivity index (χ3n) is 6.28. The summed E-state index contributed by atoms with van der Waals surface area (Å²) in [6.07, 6.45) is 9.15.